The Labute approximate surface area is 199 Å². The van der Waals surface area contributed by atoms with Gasteiger partial charge in [0.25, 0.3) is 10.0 Å². The zero-order valence-corrected chi connectivity index (χ0v) is 19.8. The predicted molar refractivity (Wildman–Crippen MR) is 132 cm³/mol. The van der Waals surface area contributed by atoms with Crippen LogP contribution in [-0.4, -0.2) is 26.2 Å². The highest BCUT2D eigenvalue weighted by molar-refractivity contribution is 7.93. The van der Waals surface area contributed by atoms with E-state index >= 15 is 0 Å². The second-order valence-corrected chi connectivity index (χ2v) is 10.4. The fourth-order valence-electron chi connectivity index (χ4n) is 3.47. The zero-order chi connectivity index (χ0) is 23.9. The predicted octanol–water partition coefficient (Wildman–Crippen LogP) is 5.09. The van der Waals surface area contributed by atoms with Gasteiger partial charge in [-0.15, -0.1) is 0 Å². The van der Waals surface area contributed by atoms with E-state index in [0.717, 1.165) is 15.8 Å². The van der Waals surface area contributed by atoms with Crippen LogP contribution in [0.5, 0.6) is 11.5 Å². The molecule has 0 radical (unpaired) electrons. The van der Waals surface area contributed by atoms with Crippen LogP contribution in [0.3, 0.4) is 0 Å². The maximum atomic E-state index is 12.7. The van der Waals surface area contributed by atoms with Crippen LogP contribution in [0.4, 0.5) is 21.3 Å². The average molecular weight is 497 g/mol. The quantitative estimate of drug-likeness (QED) is 0.354. The number of ether oxygens (including phenoxy) is 2. The molecule has 0 saturated heterocycles. The summed E-state index contributed by atoms with van der Waals surface area (Å²) in [7, 11) is -3.76. The third-order valence-corrected chi connectivity index (χ3v) is 7.53. The van der Waals surface area contributed by atoms with Crippen LogP contribution in [0.2, 0.25) is 0 Å². The minimum Gasteiger partial charge on any atom is -0.454 e. The molecule has 0 atom stereocenters. The summed E-state index contributed by atoms with van der Waals surface area (Å²) in [5.74, 6) is 1.20. The number of aryl methyl sites for hydroxylation is 2. The maximum absolute atomic E-state index is 12.7. The standard InChI is InChI=1S/C23H20N4O5S2/c1-13-3-6-17(7-4-13)34(29,30)27-23-26-21-14(2)9-16(11-20(21)33-23)25-22(28)24-15-5-8-18-19(10-15)32-12-31-18/h3-11H,12H2,1-2H3,(H,26,27)(H2,24,25,28). The zero-order valence-electron chi connectivity index (χ0n) is 18.2. The van der Waals surface area contributed by atoms with Crippen molar-refractivity contribution >= 4 is 54.1 Å². The lowest BCUT2D eigenvalue weighted by Gasteiger charge is -2.09. The van der Waals surface area contributed by atoms with Crippen LogP contribution in [0.1, 0.15) is 11.1 Å². The van der Waals surface area contributed by atoms with E-state index in [2.05, 4.69) is 20.3 Å². The van der Waals surface area contributed by atoms with Crippen molar-refractivity contribution in [3.8, 4) is 11.5 Å². The maximum Gasteiger partial charge on any atom is 0.323 e. The minimum atomic E-state index is -3.76. The van der Waals surface area contributed by atoms with Crippen molar-refractivity contribution in [2.24, 2.45) is 0 Å². The number of amides is 2. The van der Waals surface area contributed by atoms with Crippen LogP contribution in [0, 0.1) is 13.8 Å². The Morgan fingerprint density at radius 1 is 0.941 bits per heavy atom. The Hall–Kier alpha value is -3.83. The highest BCUT2D eigenvalue weighted by Crippen LogP contribution is 2.35. The Bertz CT molecular complexity index is 1510. The normalized spacial score (nSPS) is 12.5. The lowest BCUT2D eigenvalue weighted by molar-refractivity contribution is 0.174. The minimum absolute atomic E-state index is 0.155. The molecular formula is C23H20N4O5S2. The second kappa shape index (κ2) is 8.50. The Kier molecular flexibility index (Phi) is 5.50. The van der Waals surface area contributed by atoms with Gasteiger partial charge in [-0.3, -0.25) is 4.72 Å². The molecule has 0 saturated carbocycles. The molecule has 0 aliphatic carbocycles. The summed E-state index contributed by atoms with van der Waals surface area (Å²) in [4.78, 5) is 17.1. The van der Waals surface area contributed by atoms with Crippen LogP contribution in [0.25, 0.3) is 10.2 Å². The van der Waals surface area contributed by atoms with Gasteiger partial charge < -0.3 is 20.1 Å². The molecule has 34 heavy (non-hydrogen) atoms. The van der Waals surface area contributed by atoms with E-state index in [0.29, 0.717) is 28.4 Å². The van der Waals surface area contributed by atoms with E-state index in [4.69, 9.17) is 9.47 Å². The average Bonchev–Trinajstić information content (AvgIpc) is 3.40. The molecule has 5 rings (SSSR count). The number of fused-ring (bicyclic) bond motifs is 2. The van der Waals surface area contributed by atoms with Gasteiger partial charge in [0.1, 0.15) is 0 Å². The van der Waals surface area contributed by atoms with E-state index in [9.17, 15) is 13.2 Å². The number of aromatic nitrogens is 1. The molecule has 174 valence electrons. The van der Waals surface area contributed by atoms with Gasteiger partial charge in [0, 0.05) is 17.4 Å². The van der Waals surface area contributed by atoms with Crippen LogP contribution in [-0.2, 0) is 10.0 Å². The van der Waals surface area contributed by atoms with Gasteiger partial charge in [0.2, 0.25) is 6.79 Å². The number of thiazole rings is 1. The lowest BCUT2D eigenvalue weighted by Crippen LogP contribution is -2.19. The van der Waals surface area contributed by atoms with Gasteiger partial charge in [-0.2, -0.15) is 0 Å². The van der Waals surface area contributed by atoms with Crippen LogP contribution in [0.15, 0.2) is 59.5 Å². The summed E-state index contributed by atoms with van der Waals surface area (Å²) in [5, 5.41) is 5.80. The van der Waals surface area contributed by atoms with Crippen molar-refractivity contribution in [3.05, 3.63) is 65.7 Å². The topological polar surface area (TPSA) is 119 Å². The van der Waals surface area contributed by atoms with Crippen LogP contribution >= 0.6 is 11.3 Å². The first-order valence-electron chi connectivity index (χ1n) is 10.3. The van der Waals surface area contributed by atoms with Crippen molar-refractivity contribution in [2.75, 3.05) is 22.1 Å². The first-order valence-corrected chi connectivity index (χ1v) is 12.6. The van der Waals surface area contributed by atoms with Gasteiger partial charge in [0.15, 0.2) is 16.6 Å². The SMILES string of the molecule is Cc1ccc(S(=O)(=O)Nc2nc3c(C)cc(NC(=O)Nc4ccc5c(c4)OCO5)cc3s2)cc1. The number of carbonyl (C=O) groups excluding carboxylic acids is 1. The molecule has 0 fully saturated rings. The molecule has 3 N–H and O–H groups in total. The van der Waals surface area contributed by atoms with Crippen molar-refractivity contribution in [2.45, 2.75) is 18.7 Å². The number of hydrogen-bond acceptors (Lipinski definition) is 7. The smallest absolute Gasteiger partial charge is 0.323 e. The summed E-state index contributed by atoms with van der Waals surface area (Å²) in [6, 6.07) is 14.8. The van der Waals surface area contributed by atoms with E-state index in [1.54, 1.807) is 54.6 Å². The summed E-state index contributed by atoms with van der Waals surface area (Å²) >= 11 is 1.19. The van der Waals surface area contributed by atoms with E-state index in [1.807, 2.05) is 13.8 Å². The van der Waals surface area contributed by atoms with Gasteiger partial charge in [-0.1, -0.05) is 29.0 Å². The molecular weight excluding hydrogens is 476 g/mol. The number of carbonyl (C=O) groups is 1. The van der Waals surface area contributed by atoms with Crippen molar-refractivity contribution in [1.29, 1.82) is 0 Å². The Balaban J connectivity index is 1.33. The third-order valence-electron chi connectivity index (χ3n) is 5.13. The van der Waals surface area contributed by atoms with Crippen molar-refractivity contribution in [1.82, 2.24) is 4.98 Å². The number of benzene rings is 3. The number of hydrogen-bond donors (Lipinski definition) is 3. The first-order chi connectivity index (χ1) is 16.3. The molecule has 9 nitrogen and oxygen atoms in total. The van der Waals surface area contributed by atoms with Gasteiger partial charge >= 0.3 is 6.03 Å². The highest BCUT2D eigenvalue weighted by atomic mass is 32.2. The summed E-state index contributed by atoms with van der Waals surface area (Å²) in [6.07, 6.45) is 0. The van der Waals surface area contributed by atoms with E-state index in [-0.39, 0.29) is 16.8 Å². The van der Waals surface area contributed by atoms with Gasteiger partial charge in [-0.25, -0.2) is 18.2 Å². The molecule has 0 spiro atoms. The summed E-state index contributed by atoms with van der Waals surface area (Å²) in [5.41, 5.74) is 3.54. The molecule has 1 aromatic heterocycles. The molecule has 3 aromatic carbocycles. The van der Waals surface area contributed by atoms with E-state index in [1.165, 1.54) is 11.3 Å². The lowest BCUT2D eigenvalue weighted by atomic mass is 10.2. The van der Waals surface area contributed by atoms with Gasteiger partial charge in [0.05, 0.1) is 15.1 Å². The number of nitrogens with one attached hydrogen (secondary N) is 3. The van der Waals surface area contributed by atoms with Crippen molar-refractivity contribution in [3.63, 3.8) is 0 Å². The number of sulfonamides is 1. The van der Waals surface area contributed by atoms with Crippen molar-refractivity contribution < 1.29 is 22.7 Å². The molecule has 2 amide bonds. The third kappa shape index (κ3) is 4.47. The summed E-state index contributed by atoms with van der Waals surface area (Å²) in [6.45, 7) is 3.89. The Morgan fingerprint density at radius 2 is 1.68 bits per heavy atom. The molecule has 1 aliphatic heterocycles. The molecule has 1 aliphatic rings. The number of nitrogens with zero attached hydrogens (tertiary/aromatic N) is 1. The van der Waals surface area contributed by atoms with E-state index < -0.39 is 16.1 Å². The summed E-state index contributed by atoms with van der Waals surface area (Å²) < 4.78 is 39.3. The number of urea groups is 1. The monoisotopic (exact) mass is 496 g/mol. The molecule has 4 aromatic rings. The number of anilines is 3. The molecule has 2 heterocycles. The first kappa shape index (κ1) is 22.0. The number of rotatable bonds is 5. The van der Waals surface area contributed by atoms with Crippen LogP contribution < -0.4 is 24.8 Å². The fraction of sp³-hybridized carbons (Fsp3) is 0.130. The van der Waals surface area contributed by atoms with Gasteiger partial charge in [-0.05, 0) is 55.8 Å². The second-order valence-electron chi connectivity index (χ2n) is 7.72. The largest absolute Gasteiger partial charge is 0.454 e. The highest BCUT2D eigenvalue weighted by Gasteiger charge is 2.18. The molecule has 11 heteroatoms. The Morgan fingerprint density at radius 3 is 2.47 bits per heavy atom. The molecule has 0 unspecified atom stereocenters. The molecule has 0 bridgehead atoms. The fourth-order valence-corrected chi connectivity index (χ4v) is 5.69.